The van der Waals surface area contributed by atoms with E-state index in [1.54, 1.807) is 6.92 Å². The molecule has 1 amide bonds. The van der Waals surface area contributed by atoms with Crippen LogP contribution in [0.3, 0.4) is 0 Å². The van der Waals surface area contributed by atoms with Crippen molar-refractivity contribution in [3.8, 4) is 0 Å². The molecule has 0 aliphatic carbocycles. The molecule has 1 aromatic rings. The Balaban J connectivity index is 2.97. The van der Waals surface area contributed by atoms with Gasteiger partial charge < -0.3 is 14.8 Å². The molecule has 0 aliphatic heterocycles. The molecule has 0 aliphatic rings. The molecule has 0 saturated carbocycles. The average Bonchev–Trinajstić information content (AvgIpc) is 2.19. The van der Waals surface area contributed by atoms with E-state index >= 15 is 0 Å². The largest absolute Gasteiger partial charge is 0.530 e. The van der Waals surface area contributed by atoms with Crippen molar-refractivity contribution < 1.29 is 14.8 Å². The summed E-state index contributed by atoms with van der Waals surface area (Å²) in [5.74, 6) is 0. The van der Waals surface area contributed by atoms with Gasteiger partial charge in [-0.15, -0.1) is 0 Å². The molecule has 15 heavy (non-hydrogen) atoms. The first-order chi connectivity index (χ1) is 7.06. The van der Waals surface area contributed by atoms with Crippen LogP contribution in [0.25, 0.3) is 0 Å². The van der Waals surface area contributed by atoms with Crippen molar-refractivity contribution >= 4 is 17.5 Å². The second-order valence-electron chi connectivity index (χ2n) is 2.78. The molecule has 0 aromatic heterocycles. The molecular weight excluding hydrogens is 200 g/mol. The number of carbonyl (C=O) groups excluding carboxylic acids is 1. The molecule has 0 saturated heterocycles. The molecule has 80 valence electrons. The molecule has 6 nitrogen and oxygen atoms in total. The van der Waals surface area contributed by atoms with Crippen LogP contribution in [0, 0.1) is 10.1 Å². The number of nitro benzene ring substituents is 1. The van der Waals surface area contributed by atoms with Gasteiger partial charge in [-0.1, -0.05) is 0 Å². The van der Waals surface area contributed by atoms with Gasteiger partial charge >= 0.3 is 0 Å². The molecule has 0 unspecified atom stereocenters. The number of hydrogen-bond donors (Lipinski definition) is 0. The third-order valence-corrected chi connectivity index (χ3v) is 1.91. The van der Waals surface area contributed by atoms with Gasteiger partial charge in [0.2, 0.25) is 0 Å². The van der Waals surface area contributed by atoms with Crippen LogP contribution in [0.5, 0.6) is 0 Å². The van der Waals surface area contributed by atoms with Gasteiger partial charge in [0.1, 0.15) is 6.09 Å². The number of amides is 1. The zero-order valence-electron chi connectivity index (χ0n) is 8.04. The molecule has 0 bridgehead atoms. The van der Waals surface area contributed by atoms with E-state index < -0.39 is 11.0 Å². The van der Waals surface area contributed by atoms with Gasteiger partial charge in [-0.05, 0) is 19.1 Å². The second kappa shape index (κ2) is 4.41. The Morgan fingerprint density at radius 3 is 2.27 bits per heavy atom. The third-order valence-electron chi connectivity index (χ3n) is 1.91. The van der Waals surface area contributed by atoms with Crippen molar-refractivity contribution in [2.75, 3.05) is 11.4 Å². The lowest BCUT2D eigenvalue weighted by atomic mass is 10.2. The van der Waals surface area contributed by atoms with Crippen molar-refractivity contribution in [1.82, 2.24) is 0 Å². The zero-order valence-corrected chi connectivity index (χ0v) is 8.04. The lowest BCUT2D eigenvalue weighted by Crippen LogP contribution is -2.41. The number of anilines is 1. The second-order valence-corrected chi connectivity index (χ2v) is 2.78. The van der Waals surface area contributed by atoms with E-state index in [1.807, 2.05) is 0 Å². The van der Waals surface area contributed by atoms with E-state index in [9.17, 15) is 20.0 Å². The average molecular weight is 209 g/mol. The molecule has 0 atom stereocenters. The van der Waals surface area contributed by atoms with Gasteiger partial charge in [0.05, 0.1) is 4.92 Å². The highest BCUT2D eigenvalue weighted by atomic mass is 16.6. The monoisotopic (exact) mass is 209 g/mol. The van der Waals surface area contributed by atoms with E-state index in [0.717, 1.165) is 4.90 Å². The first kappa shape index (κ1) is 11.0. The van der Waals surface area contributed by atoms with Crippen LogP contribution >= 0.6 is 0 Å². The normalized spacial score (nSPS) is 9.67. The Kier molecular flexibility index (Phi) is 3.22. The maximum Gasteiger partial charge on any atom is 0.269 e. The molecule has 0 radical (unpaired) electrons. The lowest BCUT2D eigenvalue weighted by Gasteiger charge is -2.22. The number of non-ortho nitro benzene ring substituents is 1. The Labute approximate surface area is 85.9 Å². The third kappa shape index (κ3) is 2.43. The molecular formula is C9H9N2O4-. The Bertz CT molecular complexity index is 374. The highest BCUT2D eigenvalue weighted by molar-refractivity contribution is 5.84. The summed E-state index contributed by atoms with van der Waals surface area (Å²) in [5.41, 5.74) is 0.288. The van der Waals surface area contributed by atoms with Crippen LogP contribution in [0.4, 0.5) is 16.2 Å². The number of benzene rings is 1. The van der Waals surface area contributed by atoms with Gasteiger partial charge in [-0.3, -0.25) is 10.1 Å². The fraction of sp³-hybridized carbons (Fsp3) is 0.222. The number of nitro groups is 1. The summed E-state index contributed by atoms with van der Waals surface area (Å²) < 4.78 is 0. The van der Waals surface area contributed by atoms with Crippen LogP contribution in [0.1, 0.15) is 6.92 Å². The summed E-state index contributed by atoms with van der Waals surface area (Å²) in [4.78, 5) is 21.4. The maximum absolute atomic E-state index is 10.6. The number of carbonyl (C=O) groups is 1. The van der Waals surface area contributed by atoms with E-state index in [-0.39, 0.29) is 12.2 Å². The minimum atomic E-state index is -1.33. The zero-order chi connectivity index (χ0) is 11.4. The predicted octanol–water partition coefficient (Wildman–Crippen LogP) is 0.764. The van der Waals surface area contributed by atoms with Crippen LogP contribution in [0.15, 0.2) is 24.3 Å². The van der Waals surface area contributed by atoms with Crippen molar-refractivity contribution in [2.45, 2.75) is 6.92 Å². The van der Waals surface area contributed by atoms with Crippen LogP contribution < -0.4 is 10.0 Å². The molecule has 0 spiro atoms. The lowest BCUT2D eigenvalue weighted by molar-refractivity contribution is -0.384. The predicted molar refractivity (Wildman–Crippen MR) is 51.5 cm³/mol. The smallest absolute Gasteiger partial charge is 0.269 e. The van der Waals surface area contributed by atoms with Gasteiger partial charge in [-0.25, -0.2) is 0 Å². The molecule has 1 aromatic carbocycles. The maximum atomic E-state index is 10.6. The Morgan fingerprint density at radius 1 is 1.40 bits per heavy atom. The summed E-state index contributed by atoms with van der Waals surface area (Å²) in [6.07, 6.45) is -1.33. The quantitative estimate of drug-likeness (QED) is 0.543. The van der Waals surface area contributed by atoms with Gasteiger partial charge in [0.15, 0.2) is 0 Å². The van der Waals surface area contributed by atoms with Crippen molar-refractivity contribution in [1.29, 1.82) is 0 Å². The summed E-state index contributed by atoms with van der Waals surface area (Å²) >= 11 is 0. The van der Waals surface area contributed by atoms with E-state index in [1.165, 1.54) is 24.3 Å². The van der Waals surface area contributed by atoms with Crippen LogP contribution in [0.2, 0.25) is 0 Å². The van der Waals surface area contributed by atoms with Crippen molar-refractivity contribution in [2.24, 2.45) is 0 Å². The number of rotatable bonds is 3. The fourth-order valence-electron chi connectivity index (χ4n) is 1.17. The van der Waals surface area contributed by atoms with E-state index in [2.05, 4.69) is 0 Å². The molecule has 0 fully saturated rings. The van der Waals surface area contributed by atoms with Crippen LogP contribution in [-0.2, 0) is 0 Å². The summed E-state index contributed by atoms with van der Waals surface area (Å²) in [7, 11) is 0. The molecule has 1 rings (SSSR count). The Morgan fingerprint density at radius 2 is 1.93 bits per heavy atom. The Hall–Kier alpha value is -2.11. The highest BCUT2D eigenvalue weighted by Crippen LogP contribution is 2.18. The van der Waals surface area contributed by atoms with Gasteiger partial charge in [-0.2, -0.15) is 0 Å². The number of carboxylic acid groups (broad SMARTS) is 1. The summed E-state index contributed by atoms with van der Waals surface area (Å²) in [6, 6.07) is 5.25. The van der Waals surface area contributed by atoms with E-state index in [0.29, 0.717) is 5.69 Å². The summed E-state index contributed by atoms with van der Waals surface area (Å²) in [6.45, 7) is 1.89. The first-order valence-electron chi connectivity index (χ1n) is 4.29. The van der Waals surface area contributed by atoms with Crippen molar-refractivity contribution in [3.05, 3.63) is 34.4 Å². The SMILES string of the molecule is CCN(C(=O)[O-])c1ccc([N+](=O)[O-])cc1. The summed E-state index contributed by atoms with van der Waals surface area (Å²) in [5, 5.41) is 21.0. The molecule has 6 heteroatoms. The fourth-order valence-corrected chi connectivity index (χ4v) is 1.17. The minimum absolute atomic E-state index is 0.0758. The van der Waals surface area contributed by atoms with Gasteiger partial charge in [0, 0.05) is 24.4 Å². The standard InChI is InChI=1S/C9H10N2O4/c1-2-10(9(12)13)7-3-5-8(6-4-7)11(14)15/h3-6H,2H2,1H3,(H,12,13)/p-1. The van der Waals surface area contributed by atoms with Gasteiger partial charge in [0.25, 0.3) is 5.69 Å². The number of nitrogens with zero attached hydrogens (tertiary/aromatic N) is 2. The topological polar surface area (TPSA) is 86.5 Å². The number of hydrogen-bond acceptors (Lipinski definition) is 4. The molecule has 0 N–H and O–H groups in total. The van der Waals surface area contributed by atoms with Crippen LogP contribution in [-0.4, -0.2) is 17.6 Å². The first-order valence-corrected chi connectivity index (χ1v) is 4.29. The van der Waals surface area contributed by atoms with E-state index in [4.69, 9.17) is 0 Å². The molecule has 0 heterocycles. The highest BCUT2D eigenvalue weighted by Gasteiger charge is 2.08. The minimum Gasteiger partial charge on any atom is -0.530 e. The van der Waals surface area contributed by atoms with Crippen molar-refractivity contribution in [3.63, 3.8) is 0 Å².